The van der Waals surface area contributed by atoms with Crippen LogP contribution in [-0.2, 0) is 11.4 Å². The second kappa shape index (κ2) is 7.67. The Hall–Kier alpha value is -2.80. The first-order valence-corrected chi connectivity index (χ1v) is 9.14. The Kier molecular flexibility index (Phi) is 5.09. The number of oxime groups is 1. The molecule has 0 amide bonds. The quantitative estimate of drug-likeness (QED) is 0.764. The number of hydrogen-bond acceptors (Lipinski definition) is 6. The minimum absolute atomic E-state index is 0.0546. The summed E-state index contributed by atoms with van der Waals surface area (Å²) in [6.45, 7) is 2.16. The monoisotopic (exact) mass is 386 g/mol. The fraction of sp³-hybridized carbons (Fsp3) is 0.381. The molecule has 2 aliphatic heterocycles. The number of likely N-dealkylation sites (tertiary alicyclic amines) is 1. The average molecular weight is 386 g/mol. The van der Waals surface area contributed by atoms with Gasteiger partial charge in [0.2, 0.25) is 5.75 Å². The number of halogens is 1. The van der Waals surface area contributed by atoms with Crippen molar-refractivity contribution in [1.29, 1.82) is 0 Å². The molecule has 1 fully saturated rings. The number of fused-ring (bicyclic) bond motifs is 1. The van der Waals surface area contributed by atoms with E-state index in [2.05, 4.69) is 10.1 Å². The molecular formula is C21H23FN2O4. The van der Waals surface area contributed by atoms with Crippen LogP contribution in [0.3, 0.4) is 0 Å². The van der Waals surface area contributed by atoms with Gasteiger partial charge in [-0.1, -0.05) is 23.4 Å². The van der Waals surface area contributed by atoms with Crippen LogP contribution in [0.4, 0.5) is 4.39 Å². The SMILES string of the molecule is COc1cc(CN2C[C@@H]3ON=C(c4ccccc4F)[C@H]3C2)cc(OC)c1OC. The first kappa shape index (κ1) is 18.6. The second-order valence-electron chi connectivity index (χ2n) is 6.93. The predicted molar refractivity (Wildman–Crippen MR) is 103 cm³/mol. The highest BCUT2D eigenvalue weighted by molar-refractivity contribution is 6.03. The molecule has 7 heteroatoms. The Bertz CT molecular complexity index is 877. The van der Waals surface area contributed by atoms with E-state index in [0.29, 0.717) is 35.1 Å². The smallest absolute Gasteiger partial charge is 0.203 e. The first-order chi connectivity index (χ1) is 13.6. The van der Waals surface area contributed by atoms with Crippen molar-refractivity contribution in [1.82, 2.24) is 4.90 Å². The van der Waals surface area contributed by atoms with E-state index in [-0.39, 0.29) is 17.8 Å². The van der Waals surface area contributed by atoms with Crippen LogP contribution in [0.5, 0.6) is 17.2 Å². The molecule has 2 aromatic rings. The number of ether oxygens (including phenoxy) is 3. The van der Waals surface area contributed by atoms with Crippen LogP contribution in [0, 0.1) is 11.7 Å². The number of nitrogens with zero attached hydrogens (tertiary/aromatic N) is 2. The van der Waals surface area contributed by atoms with Crippen LogP contribution in [0.1, 0.15) is 11.1 Å². The zero-order valence-corrected chi connectivity index (χ0v) is 16.1. The van der Waals surface area contributed by atoms with Gasteiger partial charge in [0.25, 0.3) is 0 Å². The highest BCUT2D eigenvalue weighted by Crippen LogP contribution is 2.39. The molecule has 2 aromatic carbocycles. The normalized spacial score (nSPS) is 21.1. The largest absolute Gasteiger partial charge is 0.493 e. The molecule has 0 unspecified atom stereocenters. The molecule has 0 spiro atoms. The summed E-state index contributed by atoms with van der Waals surface area (Å²) in [5.74, 6) is 1.61. The zero-order chi connectivity index (χ0) is 19.7. The van der Waals surface area contributed by atoms with Gasteiger partial charge in [0.15, 0.2) is 11.5 Å². The Morgan fingerprint density at radius 2 is 1.79 bits per heavy atom. The summed E-state index contributed by atoms with van der Waals surface area (Å²) < 4.78 is 30.4. The number of hydrogen-bond donors (Lipinski definition) is 0. The molecule has 0 saturated carbocycles. The third-order valence-corrected chi connectivity index (χ3v) is 5.26. The van der Waals surface area contributed by atoms with E-state index in [9.17, 15) is 4.39 Å². The van der Waals surface area contributed by atoms with E-state index in [1.165, 1.54) is 6.07 Å². The Morgan fingerprint density at radius 3 is 2.43 bits per heavy atom. The molecular weight excluding hydrogens is 363 g/mol. The maximum Gasteiger partial charge on any atom is 0.203 e. The number of benzene rings is 2. The maximum absolute atomic E-state index is 14.2. The van der Waals surface area contributed by atoms with Crippen molar-refractivity contribution in [3.05, 3.63) is 53.3 Å². The Morgan fingerprint density at radius 1 is 1.07 bits per heavy atom. The summed E-state index contributed by atoms with van der Waals surface area (Å²) >= 11 is 0. The van der Waals surface area contributed by atoms with Crippen molar-refractivity contribution in [3.63, 3.8) is 0 Å². The lowest BCUT2D eigenvalue weighted by molar-refractivity contribution is 0.0745. The first-order valence-electron chi connectivity index (χ1n) is 9.14. The van der Waals surface area contributed by atoms with Gasteiger partial charge in [0.05, 0.1) is 33.0 Å². The highest BCUT2D eigenvalue weighted by atomic mass is 19.1. The molecule has 2 aliphatic rings. The van der Waals surface area contributed by atoms with E-state index in [1.54, 1.807) is 33.5 Å². The van der Waals surface area contributed by atoms with Gasteiger partial charge in [0, 0.05) is 25.2 Å². The average Bonchev–Trinajstić information content (AvgIpc) is 3.27. The van der Waals surface area contributed by atoms with Crippen LogP contribution in [0.2, 0.25) is 0 Å². The number of rotatable bonds is 6. The van der Waals surface area contributed by atoms with Gasteiger partial charge < -0.3 is 19.0 Å². The maximum atomic E-state index is 14.2. The fourth-order valence-corrected chi connectivity index (χ4v) is 3.95. The molecule has 0 bridgehead atoms. The third kappa shape index (κ3) is 3.26. The lowest BCUT2D eigenvalue weighted by atomic mass is 9.94. The van der Waals surface area contributed by atoms with Crippen molar-refractivity contribution in [3.8, 4) is 17.2 Å². The Balaban J connectivity index is 1.52. The van der Waals surface area contributed by atoms with Crippen LogP contribution >= 0.6 is 0 Å². The topological polar surface area (TPSA) is 52.5 Å². The molecule has 28 heavy (non-hydrogen) atoms. The van der Waals surface area contributed by atoms with Crippen molar-refractivity contribution >= 4 is 5.71 Å². The van der Waals surface area contributed by atoms with Crippen molar-refractivity contribution in [2.24, 2.45) is 11.1 Å². The summed E-state index contributed by atoms with van der Waals surface area (Å²) in [7, 11) is 4.79. The molecule has 4 rings (SSSR count). The molecule has 0 aromatic heterocycles. The van der Waals surface area contributed by atoms with Gasteiger partial charge in [-0.3, -0.25) is 4.90 Å². The molecule has 0 aliphatic carbocycles. The molecule has 2 heterocycles. The van der Waals surface area contributed by atoms with Crippen LogP contribution in [-0.4, -0.2) is 51.1 Å². The van der Waals surface area contributed by atoms with Crippen molar-refractivity contribution in [2.75, 3.05) is 34.4 Å². The predicted octanol–water partition coefficient (Wildman–Crippen LogP) is 3.09. The highest BCUT2D eigenvalue weighted by Gasteiger charge is 2.43. The molecule has 2 atom stereocenters. The van der Waals surface area contributed by atoms with E-state index in [4.69, 9.17) is 19.0 Å². The molecule has 1 saturated heterocycles. The molecule has 0 radical (unpaired) electrons. The van der Waals surface area contributed by atoms with Gasteiger partial charge in [-0.05, 0) is 23.8 Å². The van der Waals surface area contributed by atoms with E-state index in [1.807, 2.05) is 18.2 Å². The minimum Gasteiger partial charge on any atom is -0.493 e. The van der Waals surface area contributed by atoms with E-state index in [0.717, 1.165) is 18.7 Å². The lowest BCUT2D eigenvalue weighted by Gasteiger charge is -2.19. The van der Waals surface area contributed by atoms with Gasteiger partial charge in [-0.2, -0.15) is 0 Å². The molecule has 148 valence electrons. The van der Waals surface area contributed by atoms with E-state index >= 15 is 0 Å². The summed E-state index contributed by atoms with van der Waals surface area (Å²) in [6, 6.07) is 10.6. The second-order valence-corrected chi connectivity index (χ2v) is 6.93. The summed E-state index contributed by atoms with van der Waals surface area (Å²) in [5.41, 5.74) is 2.25. The fourth-order valence-electron chi connectivity index (χ4n) is 3.95. The van der Waals surface area contributed by atoms with Gasteiger partial charge in [-0.15, -0.1) is 0 Å². The van der Waals surface area contributed by atoms with Gasteiger partial charge in [-0.25, -0.2) is 4.39 Å². The minimum atomic E-state index is -0.270. The standard InChI is InChI=1S/C21H23FN2O4/c1-25-17-8-13(9-18(26-2)21(17)27-3)10-24-11-15-19(12-24)28-23-20(15)14-6-4-5-7-16(14)22/h4-9,15,19H,10-12H2,1-3H3/t15-,19-/m0/s1. The van der Waals surface area contributed by atoms with Crippen molar-refractivity contribution < 1.29 is 23.4 Å². The van der Waals surface area contributed by atoms with Gasteiger partial charge >= 0.3 is 0 Å². The zero-order valence-electron chi connectivity index (χ0n) is 16.1. The van der Waals surface area contributed by atoms with Crippen LogP contribution in [0.25, 0.3) is 0 Å². The van der Waals surface area contributed by atoms with Crippen LogP contribution < -0.4 is 14.2 Å². The molecule has 6 nitrogen and oxygen atoms in total. The molecule has 0 N–H and O–H groups in total. The van der Waals surface area contributed by atoms with Gasteiger partial charge in [0.1, 0.15) is 11.9 Å². The summed E-state index contributed by atoms with van der Waals surface area (Å²) in [4.78, 5) is 7.87. The van der Waals surface area contributed by atoms with E-state index < -0.39 is 0 Å². The summed E-state index contributed by atoms with van der Waals surface area (Å²) in [6.07, 6.45) is -0.0587. The Labute approximate surface area is 163 Å². The summed E-state index contributed by atoms with van der Waals surface area (Å²) in [5, 5.41) is 4.16. The number of methoxy groups -OCH3 is 3. The van der Waals surface area contributed by atoms with Crippen molar-refractivity contribution in [2.45, 2.75) is 12.6 Å². The van der Waals surface area contributed by atoms with Crippen LogP contribution in [0.15, 0.2) is 41.6 Å². The lowest BCUT2D eigenvalue weighted by Crippen LogP contribution is -2.23. The third-order valence-electron chi connectivity index (χ3n) is 5.26.